The van der Waals surface area contributed by atoms with Crippen molar-refractivity contribution >= 4 is 0 Å². The van der Waals surface area contributed by atoms with Gasteiger partial charge in [-0.15, -0.1) is 0 Å². The van der Waals surface area contributed by atoms with Gasteiger partial charge in [-0.2, -0.15) is 13.2 Å². The van der Waals surface area contributed by atoms with Crippen molar-refractivity contribution in [3.8, 4) is 0 Å². The number of benzene rings is 1. The van der Waals surface area contributed by atoms with Crippen molar-refractivity contribution in [2.45, 2.75) is 103 Å². The van der Waals surface area contributed by atoms with Crippen LogP contribution in [0.3, 0.4) is 0 Å². The highest BCUT2D eigenvalue weighted by molar-refractivity contribution is 5.28. The van der Waals surface area contributed by atoms with Gasteiger partial charge in [0.15, 0.2) is 0 Å². The first kappa shape index (κ1) is 26.2. The number of aryl methyl sites for hydroxylation is 1. The summed E-state index contributed by atoms with van der Waals surface area (Å²) in [6.07, 6.45) is 15.9. The van der Waals surface area contributed by atoms with Crippen LogP contribution < -0.4 is 0 Å². The fourth-order valence-corrected chi connectivity index (χ4v) is 6.04. The molecule has 0 bridgehead atoms. The quantitative estimate of drug-likeness (QED) is 0.249. The molecular weight excluding hydrogens is 431 g/mol. The lowest BCUT2D eigenvalue weighted by Crippen LogP contribution is -2.26. The average molecular weight is 471 g/mol. The van der Waals surface area contributed by atoms with Crippen LogP contribution in [-0.4, -0.2) is 0 Å². The van der Waals surface area contributed by atoms with Crippen LogP contribution in [0.5, 0.6) is 0 Å². The fourth-order valence-electron chi connectivity index (χ4n) is 6.04. The topological polar surface area (TPSA) is 0 Å². The number of halogens is 5. The van der Waals surface area contributed by atoms with Gasteiger partial charge in [0, 0.05) is 0 Å². The zero-order chi connectivity index (χ0) is 23.8. The van der Waals surface area contributed by atoms with Crippen molar-refractivity contribution in [1.82, 2.24) is 0 Å². The number of rotatable bonds is 9. The summed E-state index contributed by atoms with van der Waals surface area (Å²) >= 11 is 0. The van der Waals surface area contributed by atoms with Crippen LogP contribution in [0.25, 0.3) is 0 Å². The summed E-state index contributed by atoms with van der Waals surface area (Å²) in [4.78, 5) is 0. The maximum Gasteiger partial charge on any atom is 0.422 e. The van der Waals surface area contributed by atoms with Gasteiger partial charge in [0.2, 0.25) is 0 Å². The Kier molecular flexibility index (Phi) is 9.81. The summed E-state index contributed by atoms with van der Waals surface area (Å²) in [6, 6.07) is 1.71. The molecule has 3 rings (SSSR count). The van der Waals surface area contributed by atoms with Gasteiger partial charge in [0.25, 0.3) is 0 Å². The highest BCUT2D eigenvalue weighted by atomic mass is 19.4. The smallest absolute Gasteiger partial charge is 0.206 e. The van der Waals surface area contributed by atoms with E-state index in [0.717, 1.165) is 49.1 Å². The lowest BCUT2D eigenvalue weighted by molar-refractivity contribution is -0.142. The molecule has 2 saturated carbocycles. The molecule has 5 heteroatoms. The number of hydrogen-bond acceptors (Lipinski definition) is 0. The second-order valence-corrected chi connectivity index (χ2v) is 10.4. The summed E-state index contributed by atoms with van der Waals surface area (Å²) in [5, 5.41) is 0. The van der Waals surface area contributed by atoms with Crippen LogP contribution in [0.4, 0.5) is 22.0 Å². The molecule has 33 heavy (non-hydrogen) atoms. The molecule has 186 valence electrons. The summed E-state index contributed by atoms with van der Waals surface area (Å²) in [6.45, 7) is 2.21. The van der Waals surface area contributed by atoms with Crippen molar-refractivity contribution in [2.75, 3.05) is 0 Å². The van der Waals surface area contributed by atoms with Crippen molar-refractivity contribution in [1.29, 1.82) is 0 Å². The van der Waals surface area contributed by atoms with Crippen molar-refractivity contribution < 1.29 is 22.0 Å². The minimum absolute atomic E-state index is 0.322. The molecule has 0 heterocycles. The first-order valence-corrected chi connectivity index (χ1v) is 13.0. The minimum atomic E-state index is -5.00. The van der Waals surface area contributed by atoms with E-state index in [2.05, 4.69) is 19.1 Å². The monoisotopic (exact) mass is 470 g/mol. The molecule has 0 saturated heterocycles. The van der Waals surface area contributed by atoms with Crippen molar-refractivity contribution in [3.63, 3.8) is 0 Å². The Hall–Kier alpha value is -1.39. The molecule has 2 fully saturated rings. The van der Waals surface area contributed by atoms with E-state index in [9.17, 15) is 22.0 Å². The van der Waals surface area contributed by atoms with E-state index in [4.69, 9.17) is 0 Å². The first-order chi connectivity index (χ1) is 15.8. The van der Waals surface area contributed by atoms with Crippen LogP contribution in [-0.2, 0) is 12.6 Å². The third kappa shape index (κ3) is 7.82. The van der Waals surface area contributed by atoms with E-state index in [0.29, 0.717) is 17.9 Å². The Morgan fingerprint density at radius 2 is 1.24 bits per heavy atom. The lowest BCUT2D eigenvalue weighted by Gasteiger charge is -2.38. The molecule has 2 aliphatic carbocycles. The van der Waals surface area contributed by atoms with Gasteiger partial charge in [0.05, 0.1) is 0 Å². The SMILES string of the molecule is CCC/C=C/CC[C@H]1CC[C@H]([C@H]2CC[C@H](CCc3cc(F)c(C(F)(F)F)c(F)c3)CC2)CC1. The Balaban J connectivity index is 1.37. The number of alkyl halides is 3. The highest BCUT2D eigenvalue weighted by Crippen LogP contribution is 2.43. The average Bonchev–Trinajstić information content (AvgIpc) is 2.77. The number of hydrogen-bond donors (Lipinski definition) is 0. The number of allylic oxidation sites excluding steroid dienone is 2. The largest absolute Gasteiger partial charge is 0.422 e. The van der Waals surface area contributed by atoms with E-state index in [1.54, 1.807) is 0 Å². The van der Waals surface area contributed by atoms with E-state index >= 15 is 0 Å². The maximum atomic E-state index is 13.8. The molecule has 0 aromatic heterocycles. The summed E-state index contributed by atoms with van der Waals surface area (Å²) in [5.74, 6) is 0.0143. The van der Waals surface area contributed by atoms with Gasteiger partial charge in [-0.3, -0.25) is 0 Å². The van der Waals surface area contributed by atoms with Crippen molar-refractivity contribution in [3.05, 3.63) is 47.0 Å². The lowest BCUT2D eigenvalue weighted by atomic mass is 9.68. The molecule has 2 aliphatic rings. The molecule has 1 aromatic carbocycles. The third-order valence-corrected chi connectivity index (χ3v) is 8.04. The van der Waals surface area contributed by atoms with E-state index in [-0.39, 0.29) is 0 Å². The number of unbranched alkanes of at least 4 members (excludes halogenated alkanes) is 1. The summed E-state index contributed by atoms with van der Waals surface area (Å²) in [7, 11) is 0. The molecule has 0 aliphatic heterocycles. The van der Waals surface area contributed by atoms with Gasteiger partial charge in [-0.05, 0) is 99.2 Å². The van der Waals surface area contributed by atoms with Gasteiger partial charge in [0.1, 0.15) is 17.2 Å². The van der Waals surface area contributed by atoms with Crippen LogP contribution in [0.1, 0.15) is 102 Å². The standard InChI is InChI=1S/C28H39F5/c1-2-3-4-5-6-7-20-10-14-23(15-11-20)24-16-12-21(13-17-24)8-9-22-18-25(29)27(26(30)19-22)28(31,32)33/h4-5,18-21,23-24H,2-3,6-17H2,1H3/b5-4+/t20-,21-,23-,24-. The highest BCUT2D eigenvalue weighted by Gasteiger charge is 2.38. The maximum absolute atomic E-state index is 13.8. The Labute approximate surface area is 196 Å². The van der Waals surface area contributed by atoms with Gasteiger partial charge in [-0.1, -0.05) is 51.2 Å². The fraction of sp³-hybridized carbons (Fsp3) is 0.714. The molecule has 0 radical (unpaired) electrons. The second-order valence-electron chi connectivity index (χ2n) is 10.4. The van der Waals surface area contributed by atoms with Crippen molar-refractivity contribution in [2.24, 2.45) is 23.7 Å². The predicted molar refractivity (Wildman–Crippen MR) is 124 cm³/mol. The molecule has 1 aromatic rings. The molecule has 0 amide bonds. The van der Waals surface area contributed by atoms with Gasteiger partial charge >= 0.3 is 6.18 Å². The summed E-state index contributed by atoms with van der Waals surface area (Å²) < 4.78 is 65.9. The molecule has 0 nitrogen and oxygen atoms in total. The summed E-state index contributed by atoms with van der Waals surface area (Å²) in [5.41, 5.74) is -1.46. The molecule has 0 atom stereocenters. The minimum Gasteiger partial charge on any atom is -0.206 e. The molecule has 0 N–H and O–H groups in total. The predicted octanol–water partition coefficient (Wildman–Crippen LogP) is 9.67. The van der Waals surface area contributed by atoms with Crippen LogP contribution in [0.2, 0.25) is 0 Å². The van der Waals surface area contributed by atoms with Gasteiger partial charge in [-0.25, -0.2) is 8.78 Å². The van der Waals surface area contributed by atoms with E-state index < -0.39 is 23.4 Å². The molecule has 0 unspecified atom stereocenters. The zero-order valence-electron chi connectivity index (χ0n) is 19.9. The first-order valence-electron chi connectivity index (χ1n) is 13.0. The molecular formula is C28H39F5. The van der Waals surface area contributed by atoms with Crippen LogP contribution in [0, 0.1) is 35.3 Å². The van der Waals surface area contributed by atoms with Crippen LogP contribution in [0.15, 0.2) is 24.3 Å². The molecule has 0 spiro atoms. The third-order valence-electron chi connectivity index (χ3n) is 8.04. The van der Waals surface area contributed by atoms with E-state index in [1.807, 2.05) is 0 Å². The van der Waals surface area contributed by atoms with Crippen LogP contribution >= 0.6 is 0 Å². The van der Waals surface area contributed by atoms with Gasteiger partial charge < -0.3 is 0 Å². The zero-order valence-corrected chi connectivity index (χ0v) is 19.9. The Morgan fingerprint density at radius 1 is 0.758 bits per heavy atom. The Morgan fingerprint density at radius 3 is 1.73 bits per heavy atom. The van der Waals surface area contributed by atoms with E-state index in [1.165, 1.54) is 64.2 Å². The normalized spacial score (nSPS) is 26.7. The Bertz CT molecular complexity index is 727. The second kappa shape index (κ2) is 12.4.